The summed E-state index contributed by atoms with van der Waals surface area (Å²) in [4.78, 5) is 42.2. The van der Waals surface area contributed by atoms with E-state index >= 15 is 0 Å². The Bertz CT molecular complexity index is 1190. The number of hydrogen-bond acceptors (Lipinski definition) is 6. The van der Waals surface area contributed by atoms with Crippen molar-refractivity contribution in [2.24, 2.45) is 11.8 Å². The monoisotopic (exact) mass is 572 g/mol. The first-order valence-electron chi connectivity index (χ1n) is 13.1. The van der Waals surface area contributed by atoms with Crippen molar-refractivity contribution in [3.8, 4) is 0 Å². The average Bonchev–Trinajstić information content (AvgIpc) is 3.47. The Balaban J connectivity index is 1.45. The van der Waals surface area contributed by atoms with Gasteiger partial charge in [0.05, 0.1) is 24.5 Å². The molecule has 0 radical (unpaired) electrons. The second-order valence-electron chi connectivity index (χ2n) is 10.1. The zero-order valence-electron chi connectivity index (χ0n) is 20.9. The number of halogens is 1. The standard InChI is InChI=1S/C28H33BrN2O6/c1-2-36-27(35)21-22-26(34)31(13-7-3-4-8-14-32)24(28(22)16-20(29)23(21)37-28)25(33)30-19-12-11-17-9-5-6-10-18(17)15-19/h5-6,9-12,15,20-24,32H,2-4,7-8,13-14,16H2,1H3,(H,30,33)/t20?,21-,22+,23-,24-,28+/m1/s1. The van der Waals surface area contributed by atoms with Gasteiger partial charge >= 0.3 is 5.97 Å². The zero-order chi connectivity index (χ0) is 26.2. The lowest BCUT2D eigenvalue weighted by Crippen LogP contribution is -2.54. The average molecular weight is 573 g/mol. The number of nitrogens with one attached hydrogen (secondary N) is 1. The summed E-state index contributed by atoms with van der Waals surface area (Å²) in [6.07, 6.45) is 3.01. The third-order valence-electron chi connectivity index (χ3n) is 7.92. The van der Waals surface area contributed by atoms with E-state index in [4.69, 9.17) is 14.6 Å². The van der Waals surface area contributed by atoms with Gasteiger partial charge in [0.25, 0.3) is 0 Å². The Hall–Kier alpha value is -2.49. The van der Waals surface area contributed by atoms with Gasteiger partial charge in [0, 0.05) is 23.7 Å². The van der Waals surface area contributed by atoms with E-state index in [1.54, 1.807) is 11.8 Å². The van der Waals surface area contributed by atoms with E-state index in [1.807, 2.05) is 42.5 Å². The number of amides is 2. The van der Waals surface area contributed by atoms with Gasteiger partial charge in [-0.1, -0.05) is 59.1 Å². The molecule has 5 rings (SSSR count). The van der Waals surface area contributed by atoms with Crippen LogP contribution in [0.3, 0.4) is 0 Å². The number of aliphatic hydroxyl groups is 1. The van der Waals surface area contributed by atoms with Gasteiger partial charge in [0.2, 0.25) is 11.8 Å². The molecule has 6 atom stereocenters. The zero-order valence-corrected chi connectivity index (χ0v) is 22.5. The van der Waals surface area contributed by atoms with Crippen LogP contribution in [0.25, 0.3) is 10.8 Å². The number of rotatable bonds is 10. The van der Waals surface area contributed by atoms with Crippen molar-refractivity contribution >= 4 is 50.2 Å². The first kappa shape index (κ1) is 26.1. The molecule has 2 bridgehead atoms. The minimum Gasteiger partial charge on any atom is -0.466 e. The predicted octanol–water partition coefficient (Wildman–Crippen LogP) is 3.64. The van der Waals surface area contributed by atoms with Crippen LogP contribution < -0.4 is 5.32 Å². The van der Waals surface area contributed by atoms with E-state index in [-0.39, 0.29) is 29.9 Å². The van der Waals surface area contributed by atoms with Crippen molar-refractivity contribution in [3.05, 3.63) is 42.5 Å². The van der Waals surface area contributed by atoms with Crippen LogP contribution in [0.4, 0.5) is 5.69 Å². The third-order valence-corrected chi connectivity index (χ3v) is 8.77. The fourth-order valence-corrected chi connectivity index (χ4v) is 7.35. The van der Waals surface area contributed by atoms with Gasteiger partial charge in [-0.2, -0.15) is 0 Å². The number of unbranched alkanes of at least 4 members (excludes halogenated alkanes) is 3. The van der Waals surface area contributed by atoms with Crippen LogP contribution in [-0.2, 0) is 23.9 Å². The highest BCUT2D eigenvalue weighted by Crippen LogP contribution is 2.60. The second kappa shape index (κ2) is 10.7. The molecule has 198 valence electrons. The van der Waals surface area contributed by atoms with Crippen molar-refractivity contribution < 1.29 is 29.0 Å². The number of esters is 1. The fourth-order valence-electron chi connectivity index (χ4n) is 6.40. The maximum absolute atomic E-state index is 13.9. The Labute approximate surface area is 224 Å². The molecule has 2 amide bonds. The summed E-state index contributed by atoms with van der Waals surface area (Å²) in [5.41, 5.74) is -0.455. The predicted molar refractivity (Wildman–Crippen MR) is 142 cm³/mol. The van der Waals surface area contributed by atoms with E-state index in [2.05, 4.69) is 21.2 Å². The lowest BCUT2D eigenvalue weighted by molar-refractivity contribution is -0.154. The van der Waals surface area contributed by atoms with Gasteiger partial charge in [-0.15, -0.1) is 0 Å². The number of fused-ring (bicyclic) bond motifs is 2. The molecular weight excluding hydrogens is 540 g/mol. The van der Waals surface area contributed by atoms with Crippen LogP contribution >= 0.6 is 15.9 Å². The number of hydrogen-bond donors (Lipinski definition) is 2. The molecule has 3 aliphatic heterocycles. The topological polar surface area (TPSA) is 105 Å². The van der Waals surface area contributed by atoms with Crippen molar-refractivity contribution in [1.29, 1.82) is 0 Å². The summed E-state index contributed by atoms with van der Waals surface area (Å²) in [5.74, 6) is -2.49. The lowest BCUT2D eigenvalue weighted by Gasteiger charge is -2.34. The molecule has 0 aromatic heterocycles. The highest BCUT2D eigenvalue weighted by atomic mass is 79.9. The maximum Gasteiger partial charge on any atom is 0.312 e. The molecule has 0 aliphatic carbocycles. The van der Waals surface area contributed by atoms with E-state index < -0.39 is 35.6 Å². The molecule has 2 aromatic rings. The molecule has 1 unspecified atom stereocenters. The molecule has 3 aliphatic rings. The Morgan fingerprint density at radius 2 is 1.92 bits per heavy atom. The number of carbonyl (C=O) groups excluding carboxylic acids is 3. The van der Waals surface area contributed by atoms with Gasteiger partial charge in [-0.3, -0.25) is 14.4 Å². The molecule has 3 saturated heterocycles. The summed E-state index contributed by atoms with van der Waals surface area (Å²) >= 11 is 3.66. The van der Waals surface area contributed by atoms with Gasteiger partial charge in [-0.25, -0.2) is 0 Å². The van der Waals surface area contributed by atoms with E-state index in [0.717, 1.165) is 23.6 Å². The molecule has 2 aromatic carbocycles. The molecule has 3 heterocycles. The SMILES string of the molecule is CCOC(=O)[C@H]1[C@@H]2O[C@@]3(CC2Br)[C@@H]1C(=O)N(CCCCCCO)[C@@H]3C(=O)Nc1ccc2ccccc2c1. The summed E-state index contributed by atoms with van der Waals surface area (Å²) in [7, 11) is 0. The van der Waals surface area contributed by atoms with Gasteiger partial charge in [0.15, 0.2) is 0 Å². The number of ether oxygens (including phenoxy) is 2. The summed E-state index contributed by atoms with van der Waals surface area (Å²) in [6.45, 7) is 2.47. The summed E-state index contributed by atoms with van der Waals surface area (Å²) < 4.78 is 11.8. The minimum atomic E-state index is -1.10. The van der Waals surface area contributed by atoms with Crippen LogP contribution in [0.2, 0.25) is 0 Å². The summed E-state index contributed by atoms with van der Waals surface area (Å²) in [6, 6.07) is 12.8. The molecule has 37 heavy (non-hydrogen) atoms. The quantitative estimate of drug-likeness (QED) is 0.256. The van der Waals surface area contributed by atoms with Crippen molar-refractivity contribution in [3.63, 3.8) is 0 Å². The number of carbonyl (C=O) groups is 3. The van der Waals surface area contributed by atoms with Crippen LogP contribution in [0.5, 0.6) is 0 Å². The van der Waals surface area contributed by atoms with Crippen LogP contribution in [0.1, 0.15) is 39.0 Å². The van der Waals surface area contributed by atoms with Gasteiger partial charge < -0.3 is 24.8 Å². The van der Waals surface area contributed by atoms with Crippen molar-refractivity contribution in [1.82, 2.24) is 4.90 Å². The molecule has 2 N–H and O–H groups in total. The molecular formula is C28H33BrN2O6. The van der Waals surface area contributed by atoms with Crippen LogP contribution in [0, 0.1) is 11.8 Å². The highest BCUT2D eigenvalue weighted by molar-refractivity contribution is 9.09. The lowest BCUT2D eigenvalue weighted by atomic mass is 9.70. The second-order valence-corrected chi connectivity index (χ2v) is 11.3. The Morgan fingerprint density at radius 1 is 1.16 bits per heavy atom. The minimum absolute atomic E-state index is 0.133. The number of benzene rings is 2. The summed E-state index contributed by atoms with van der Waals surface area (Å²) in [5, 5.41) is 14.2. The molecule has 3 fully saturated rings. The van der Waals surface area contributed by atoms with Crippen molar-refractivity contribution in [2.45, 2.75) is 61.6 Å². The normalized spacial score (nSPS) is 30.1. The number of likely N-dealkylation sites (tertiary alicyclic amines) is 1. The molecule has 0 saturated carbocycles. The van der Waals surface area contributed by atoms with Gasteiger partial charge in [0.1, 0.15) is 11.6 Å². The number of anilines is 1. The molecule has 1 spiro atoms. The fraction of sp³-hybridized carbons (Fsp3) is 0.536. The van der Waals surface area contributed by atoms with Gasteiger partial charge in [-0.05, 0) is 49.1 Å². The molecule has 8 nitrogen and oxygen atoms in total. The van der Waals surface area contributed by atoms with E-state index in [0.29, 0.717) is 31.5 Å². The Morgan fingerprint density at radius 3 is 2.68 bits per heavy atom. The van der Waals surface area contributed by atoms with Crippen molar-refractivity contribution in [2.75, 3.05) is 25.1 Å². The van der Waals surface area contributed by atoms with Crippen LogP contribution in [-0.4, -0.2) is 70.1 Å². The highest BCUT2D eigenvalue weighted by Gasteiger charge is 2.76. The largest absolute Gasteiger partial charge is 0.466 e. The molecule has 9 heteroatoms. The smallest absolute Gasteiger partial charge is 0.312 e. The van der Waals surface area contributed by atoms with E-state index in [9.17, 15) is 14.4 Å². The first-order chi connectivity index (χ1) is 17.9. The third kappa shape index (κ3) is 4.55. The number of nitrogens with zero attached hydrogens (tertiary/aromatic N) is 1. The Kier molecular flexibility index (Phi) is 7.56. The number of alkyl halides is 1. The first-order valence-corrected chi connectivity index (χ1v) is 14.0. The van der Waals surface area contributed by atoms with Crippen LogP contribution in [0.15, 0.2) is 42.5 Å². The maximum atomic E-state index is 13.9. The van der Waals surface area contributed by atoms with E-state index in [1.165, 1.54) is 0 Å². The number of aliphatic hydroxyl groups excluding tert-OH is 1.